The van der Waals surface area contributed by atoms with Crippen molar-refractivity contribution in [1.82, 2.24) is 0 Å². The molecular weight excluding hydrogens is 293 g/mol. The van der Waals surface area contributed by atoms with Crippen LogP contribution in [-0.2, 0) is 4.74 Å². The van der Waals surface area contributed by atoms with Gasteiger partial charge in [-0.25, -0.2) is 9.18 Å². The average molecular weight is 305 g/mol. The summed E-state index contributed by atoms with van der Waals surface area (Å²) in [5, 5.41) is 10.8. The lowest BCUT2D eigenvalue weighted by atomic mass is 9.93. The van der Waals surface area contributed by atoms with Crippen molar-refractivity contribution in [1.29, 1.82) is 5.26 Å². The second kappa shape index (κ2) is 5.90. The summed E-state index contributed by atoms with van der Waals surface area (Å²) in [6.45, 7) is 0. The molecule has 0 N–H and O–H groups in total. The molecule has 3 nitrogen and oxygen atoms in total. The van der Waals surface area contributed by atoms with E-state index in [0.29, 0.717) is 16.5 Å². The highest BCUT2D eigenvalue weighted by molar-refractivity contribution is 6.02. The molecule has 0 atom stereocenters. The lowest BCUT2D eigenvalue weighted by molar-refractivity contribution is 0.0601. The second-order valence-corrected chi connectivity index (χ2v) is 5.01. The minimum absolute atomic E-state index is 0.239. The number of esters is 1. The molecule has 0 radical (unpaired) electrons. The van der Waals surface area contributed by atoms with E-state index in [0.717, 1.165) is 5.39 Å². The van der Waals surface area contributed by atoms with E-state index in [-0.39, 0.29) is 11.1 Å². The Kier molecular flexibility index (Phi) is 3.78. The maximum Gasteiger partial charge on any atom is 0.337 e. The molecule has 0 fully saturated rings. The average Bonchev–Trinajstić information content (AvgIpc) is 2.60. The van der Waals surface area contributed by atoms with E-state index in [9.17, 15) is 14.4 Å². The molecule has 0 heterocycles. The van der Waals surface area contributed by atoms with E-state index >= 15 is 0 Å². The maximum absolute atomic E-state index is 14.3. The molecule has 23 heavy (non-hydrogen) atoms. The first-order valence-corrected chi connectivity index (χ1v) is 6.96. The van der Waals surface area contributed by atoms with E-state index < -0.39 is 11.8 Å². The van der Waals surface area contributed by atoms with Gasteiger partial charge in [0.15, 0.2) is 0 Å². The van der Waals surface area contributed by atoms with Crippen LogP contribution in [0.4, 0.5) is 4.39 Å². The fourth-order valence-electron chi connectivity index (χ4n) is 2.63. The van der Waals surface area contributed by atoms with Gasteiger partial charge in [-0.15, -0.1) is 0 Å². The highest BCUT2D eigenvalue weighted by atomic mass is 19.1. The molecule has 0 aliphatic carbocycles. The number of methoxy groups -OCH3 is 1. The van der Waals surface area contributed by atoms with Crippen molar-refractivity contribution in [2.75, 3.05) is 7.11 Å². The Balaban J connectivity index is 2.35. The number of benzene rings is 3. The van der Waals surface area contributed by atoms with Crippen molar-refractivity contribution in [2.45, 2.75) is 0 Å². The molecule has 3 aromatic carbocycles. The Morgan fingerprint density at radius 2 is 1.91 bits per heavy atom. The third-order valence-electron chi connectivity index (χ3n) is 3.71. The van der Waals surface area contributed by atoms with Gasteiger partial charge in [0, 0.05) is 5.56 Å². The van der Waals surface area contributed by atoms with E-state index in [2.05, 4.69) is 0 Å². The summed E-state index contributed by atoms with van der Waals surface area (Å²) in [7, 11) is 1.31. The Labute approximate surface area is 132 Å². The number of carbonyl (C=O) groups excluding carboxylic acids is 1. The highest BCUT2D eigenvalue weighted by Crippen LogP contribution is 2.33. The van der Waals surface area contributed by atoms with Gasteiger partial charge in [0.1, 0.15) is 5.82 Å². The molecule has 0 unspecified atom stereocenters. The summed E-state index contributed by atoms with van der Waals surface area (Å²) in [6.07, 6.45) is 0. The molecule has 0 aromatic heterocycles. The fraction of sp³-hybridized carbons (Fsp3) is 0.0526. The second-order valence-electron chi connectivity index (χ2n) is 5.01. The highest BCUT2D eigenvalue weighted by Gasteiger charge is 2.15. The molecule has 112 valence electrons. The van der Waals surface area contributed by atoms with Crippen molar-refractivity contribution in [3.05, 3.63) is 71.5 Å². The zero-order valence-corrected chi connectivity index (χ0v) is 12.3. The van der Waals surface area contributed by atoms with Crippen LogP contribution in [0.2, 0.25) is 0 Å². The zero-order valence-electron chi connectivity index (χ0n) is 12.3. The fourth-order valence-corrected chi connectivity index (χ4v) is 2.63. The summed E-state index contributed by atoms with van der Waals surface area (Å²) < 4.78 is 19.1. The molecule has 0 saturated carbocycles. The number of halogens is 1. The first-order valence-electron chi connectivity index (χ1n) is 6.96. The third kappa shape index (κ3) is 2.53. The number of carbonyl (C=O) groups is 1. The number of fused-ring (bicyclic) bond motifs is 1. The van der Waals surface area contributed by atoms with E-state index in [1.54, 1.807) is 36.4 Å². The van der Waals surface area contributed by atoms with Crippen molar-refractivity contribution in [3.8, 4) is 17.2 Å². The van der Waals surface area contributed by atoms with Crippen LogP contribution in [0.1, 0.15) is 15.9 Å². The summed E-state index contributed by atoms with van der Waals surface area (Å²) >= 11 is 0. The molecule has 0 bridgehead atoms. The van der Waals surface area contributed by atoms with Crippen LogP contribution in [0.15, 0.2) is 54.6 Å². The van der Waals surface area contributed by atoms with Gasteiger partial charge < -0.3 is 4.74 Å². The van der Waals surface area contributed by atoms with E-state index in [1.807, 2.05) is 12.1 Å². The number of nitrogens with zero attached hydrogens (tertiary/aromatic N) is 1. The molecule has 0 saturated heterocycles. The van der Waals surface area contributed by atoms with Crippen LogP contribution in [0.5, 0.6) is 0 Å². The van der Waals surface area contributed by atoms with Crippen molar-refractivity contribution in [2.24, 2.45) is 0 Å². The lowest BCUT2D eigenvalue weighted by Crippen LogP contribution is -2.01. The normalized spacial score (nSPS) is 10.3. The molecule has 0 aliphatic rings. The Morgan fingerprint density at radius 1 is 1.13 bits per heavy atom. The molecule has 4 heteroatoms. The molecular formula is C19H12FNO2. The maximum atomic E-state index is 14.3. The minimum atomic E-state index is -0.472. The van der Waals surface area contributed by atoms with Gasteiger partial charge in [-0.1, -0.05) is 30.3 Å². The summed E-state index contributed by atoms with van der Waals surface area (Å²) in [6, 6.07) is 16.9. The van der Waals surface area contributed by atoms with Crippen LogP contribution in [-0.4, -0.2) is 13.1 Å². The SMILES string of the molecule is COC(=O)c1ccc2cccc(-c3c(F)cccc3C#N)c2c1. The molecule has 3 aromatic rings. The van der Waals surface area contributed by atoms with Crippen LogP contribution < -0.4 is 0 Å². The minimum Gasteiger partial charge on any atom is -0.465 e. The Hall–Kier alpha value is -3.19. The summed E-state index contributed by atoms with van der Waals surface area (Å²) in [5.41, 5.74) is 1.44. The van der Waals surface area contributed by atoms with Gasteiger partial charge >= 0.3 is 5.97 Å². The first-order chi connectivity index (χ1) is 11.2. The Morgan fingerprint density at radius 3 is 2.65 bits per heavy atom. The molecule has 0 aliphatic heterocycles. The van der Waals surface area contributed by atoms with Gasteiger partial charge in [0.2, 0.25) is 0 Å². The van der Waals surface area contributed by atoms with Crippen molar-refractivity contribution < 1.29 is 13.9 Å². The van der Waals surface area contributed by atoms with Gasteiger partial charge in [-0.2, -0.15) is 5.26 Å². The van der Waals surface area contributed by atoms with Crippen LogP contribution in [0.3, 0.4) is 0 Å². The van der Waals surface area contributed by atoms with Crippen LogP contribution in [0.25, 0.3) is 21.9 Å². The number of hydrogen-bond donors (Lipinski definition) is 0. The molecule has 3 rings (SSSR count). The van der Waals surface area contributed by atoms with Crippen LogP contribution in [0, 0.1) is 17.1 Å². The number of rotatable bonds is 2. The van der Waals surface area contributed by atoms with E-state index in [1.165, 1.54) is 19.2 Å². The number of nitriles is 1. The van der Waals surface area contributed by atoms with Crippen molar-refractivity contribution >= 4 is 16.7 Å². The van der Waals surface area contributed by atoms with Crippen molar-refractivity contribution in [3.63, 3.8) is 0 Å². The van der Waals surface area contributed by atoms with Gasteiger partial charge in [0.05, 0.1) is 24.3 Å². The number of hydrogen-bond acceptors (Lipinski definition) is 3. The lowest BCUT2D eigenvalue weighted by Gasteiger charge is -2.11. The summed E-state index contributed by atoms with van der Waals surface area (Å²) in [5.74, 6) is -0.934. The third-order valence-corrected chi connectivity index (χ3v) is 3.71. The monoisotopic (exact) mass is 305 g/mol. The smallest absolute Gasteiger partial charge is 0.337 e. The largest absolute Gasteiger partial charge is 0.465 e. The number of ether oxygens (including phenoxy) is 1. The van der Waals surface area contributed by atoms with Gasteiger partial charge in [0.25, 0.3) is 0 Å². The zero-order chi connectivity index (χ0) is 16.4. The van der Waals surface area contributed by atoms with E-state index in [4.69, 9.17) is 4.74 Å². The van der Waals surface area contributed by atoms with Crippen LogP contribution >= 0.6 is 0 Å². The standard InChI is InChI=1S/C19H12FNO2/c1-23-19(22)13-9-8-12-4-2-6-15(16(12)10-13)18-14(11-21)5-3-7-17(18)20/h2-10H,1H3. The van der Waals surface area contributed by atoms with Gasteiger partial charge in [-0.3, -0.25) is 0 Å². The Bertz CT molecular complexity index is 957. The molecule has 0 amide bonds. The topological polar surface area (TPSA) is 50.1 Å². The predicted molar refractivity (Wildman–Crippen MR) is 85.4 cm³/mol. The predicted octanol–water partition coefficient (Wildman–Crippen LogP) is 4.30. The first kappa shape index (κ1) is 14.7. The summed E-state index contributed by atoms with van der Waals surface area (Å²) in [4.78, 5) is 11.7. The molecule has 0 spiro atoms. The quantitative estimate of drug-likeness (QED) is 0.663. The van der Waals surface area contributed by atoms with Gasteiger partial charge in [-0.05, 0) is 40.6 Å².